The van der Waals surface area contributed by atoms with E-state index in [1.54, 1.807) is 17.0 Å². The molecule has 1 saturated heterocycles. The first-order chi connectivity index (χ1) is 13.4. The first-order valence-electron chi connectivity index (χ1n) is 10.1. The first kappa shape index (κ1) is 22.7. The second-order valence-electron chi connectivity index (χ2n) is 7.26. The summed E-state index contributed by atoms with van der Waals surface area (Å²) in [6, 6.07) is 5.77. The summed E-state index contributed by atoms with van der Waals surface area (Å²) < 4.78 is 13.6. The highest BCUT2D eigenvalue weighted by Gasteiger charge is 2.41. The van der Waals surface area contributed by atoms with E-state index in [2.05, 4.69) is 24.1 Å². The van der Waals surface area contributed by atoms with Gasteiger partial charge in [-0.2, -0.15) is 0 Å². The summed E-state index contributed by atoms with van der Waals surface area (Å²) in [6.07, 6.45) is 1.92. The van der Waals surface area contributed by atoms with Crippen molar-refractivity contribution in [2.75, 3.05) is 25.4 Å². The smallest absolute Gasteiger partial charge is 0.243 e. The van der Waals surface area contributed by atoms with Crippen molar-refractivity contribution in [2.45, 2.75) is 58.0 Å². The molecule has 2 rings (SSSR count). The Labute approximate surface area is 172 Å². The van der Waals surface area contributed by atoms with E-state index < -0.39 is 6.04 Å². The Morgan fingerprint density at radius 2 is 2.07 bits per heavy atom. The number of amides is 2. The van der Waals surface area contributed by atoms with Gasteiger partial charge in [0.1, 0.15) is 17.2 Å². The highest BCUT2D eigenvalue weighted by Crippen LogP contribution is 2.41. The predicted molar refractivity (Wildman–Crippen MR) is 113 cm³/mol. The second kappa shape index (κ2) is 10.8. The molecule has 1 aliphatic rings. The number of hydrogen-bond acceptors (Lipinski definition) is 4. The Kier molecular flexibility index (Phi) is 8.76. The number of carbonyl (C=O) groups is 2. The van der Waals surface area contributed by atoms with Crippen LogP contribution in [0.4, 0.5) is 4.39 Å². The van der Waals surface area contributed by atoms with Gasteiger partial charge < -0.3 is 15.1 Å². The maximum Gasteiger partial charge on any atom is 0.243 e. The lowest BCUT2D eigenvalue weighted by molar-refractivity contribution is -0.138. The van der Waals surface area contributed by atoms with Gasteiger partial charge in [-0.05, 0) is 57.1 Å². The van der Waals surface area contributed by atoms with Crippen LogP contribution in [0.5, 0.6) is 0 Å². The Bertz CT molecular complexity index is 669. The van der Waals surface area contributed by atoms with Gasteiger partial charge in [0.15, 0.2) is 0 Å². The molecule has 0 aromatic heterocycles. The predicted octanol–water partition coefficient (Wildman–Crippen LogP) is 3.41. The number of carbonyl (C=O) groups excluding carboxylic acids is 2. The van der Waals surface area contributed by atoms with Crippen LogP contribution in [0, 0.1) is 5.82 Å². The lowest BCUT2D eigenvalue weighted by Crippen LogP contribution is -2.49. The number of hydrogen-bond donors (Lipinski definition) is 1. The molecule has 0 spiro atoms. The largest absolute Gasteiger partial charge is 0.352 e. The molecule has 5 nitrogen and oxygen atoms in total. The Balaban J connectivity index is 1.95. The SMILES string of the molecule is CCN(CC)CCCC(C)NC(=O)C1CSC(c2cccc(F)c2)N1C(C)=O. The highest BCUT2D eigenvalue weighted by molar-refractivity contribution is 7.99. The lowest BCUT2D eigenvalue weighted by Gasteiger charge is -2.29. The number of nitrogens with zero attached hydrogens (tertiary/aromatic N) is 2. The molecule has 0 saturated carbocycles. The fourth-order valence-corrected chi connectivity index (χ4v) is 5.05. The number of thioether (sulfide) groups is 1. The zero-order chi connectivity index (χ0) is 20.7. The quantitative estimate of drug-likeness (QED) is 0.679. The van der Waals surface area contributed by atoms with Gasteiger partial charge in [0.25, 0.3) is 0 Å². The number of nitrogens with one attached hydrogen (secondary N) is 1. The van der Waals surface area contributed by atoms with E-state index in [0.717, 1.165) is 32.5 Å². The molecule has 1 fully saturated rings. The third-order valence-electron chi connectivity index (χ3n) is 5.20. The van der Waals surface area contributed by atoms with E-state index in [-0.39, 0.29) is 29.0 Å². The maximum absolute atomic E-state index is 13.6. The van der Waals surface area contributed by atoms with E-state index in [1.165, 1.54) is 30.8 Å². The minimum atomic E-state index is -0.527. The standard InChI is InChI=1S/C21H32FN3O2S/c1-5-24(6-2)12-8-9-15(3)23-20(27)19-14-28-21(25(19)16(4)26)17-10-7-11-18(22)13-17/h7,10-11,13,15,19,21H,5-6,8-9,12,14H2,1-4H3,(H,23,27). The molecule has 3 atom stereocenters. The van der Waals surface area contributed by atoms with Gasteiger partial charge in [0.05, 0.1) is 0 Å². The molecular weight excluding hydrogens is 377 g/mol. The van der Waals surface area contributed by atoms with Crippen LogP contribution < -0.4 is 5.32 Å². The van der Waals surface area contributed by atoms with Crippen LogP contribution in [-0.4, -0.2) is 59.1 Å². The summed E-state index contributed by atoms with van der Waals surface area (Å²) in [6.45, 7) is 10.9. The molecule has 2 amide bonds. The Hall–Kier alpha value is -1.60. The minimum absolute atomic E-state index is 0.0510. The fraction of sp³-hybridized carbons (Fsp3) is 0.619. The summed E-state index contributed by atoms with van der Waals surface area (Å²) in [4.78, 5) is 29.0. The van der Waals surface area contributed by atoms with Crippen molar-refractivity contribution >= 4 is 23.6 Å². The summed E-state index contributed by atoms with van der Waals surface area (Å²) in [5.74, 6) is -0.124. The molecule has 0 aliphatic carbocycles. The van der Waals surface area contributed by atoms with Crippen molar-refractivity contribution in [3.63, 3.8) is 0 Å². The molecule has 0 bridgehead atoms. The van der Waals surface area contributed by atoms with Crippen LogP contribution in [0.25, 0.3) is 0 Å². The first-order valence-corrected chi connectivity index (χ1v) is 11.1. The van der Waals surface area contributed by atoms with E-state index in [0.29, 0.717) is 11.3 Å². The molecule has 1 aromatic carbocycles. The number of halogens is 1. The summed E-state index contributed by atoms with van der Waals surface area (Å²) in [5, 5.41) is 2.73. The highest BCUT2D eigenvalue weighted by atomic mass is 32.2. The van der Waals surface area contributed by atoms with Crippen LogP contribution in [0.2, 0.25) is 0 Å². The molecular formula is C21H32FN3O2S. The zero-order valence-corrected chi connectivity index (χ0v) is 18.1. The Morgan fingerprint density at radius 1 is 1.36 bits per heavy atom. The average Bonchev–Trinajstić information content (AvgIpc) is 3.11. The maximum atomic E-state index is 13.6. The van der Waals surface area contributed by atoms with Gasteiger partial charge in [-0.25, -0.2) is 4.39 Å². The van der Waals surface area contributed by atoms with E-state index in [1.807, 2.05) is 6.92 Å². The molecule has 0 radical (unpaired) electrons. The van der Waals surface area contributed by atoms with Gasteiger partial charge in [-0.3, -0.25) is 9.59 Å². The number of benzene rings is 1. The molecule has 1 aromatic rings. The molecule has 1 N–H and O–H groups in total. The lowest BCUT2D eigenvalue weighted by atomic mass is 10.1. The summed E-state index contributed by atoms with van der Waals surface area (Å²) >= 11 is 1.50. The van der Waals surface area contributed by atoms with E-state index in [4.69, 9.17) is 0 Å². The molecule has 1 aliphatic heterocycles. The van der Waals surface area contributed by atoms with Crippen LogP contribution in [0.1, 0.15) is 51.5 Å². The molecule has 1 heterocycles. The van der Waals surface area contributed by atoms with Crippen LogP contribution in [0.15, 0.2) is 24.3 Å². The van der Waals surface area contributed by atoms with Gasteiger partial charge in [0.2, 0.25) is 11.8 Å². The van der Waals surface area contributed by atoms with Gasteiger partial charge >= 0.3 is 0 Å². The third-order valence-corrected chi connectivity index (χ3v) is 6.52. The summed E-state index contributed by atoms with van der Waals surface area (Å²) in [5.41, 5.74) is 0.711. The Morgan fingerprint density at radius 3 is 2.68 bits per heavy atom. The topological polar surface area (TPSA) is 52.7 Å². The molecule has 156 valence electrons. The zero-order valence-electron chi connectivity index (χ0n) is 17.3. The van der Waals surface area contributed by atoms with Gasteiger partial charge in [-0.1, -0.05) is 26.0 Å². The molecule has 3 unspecified atom stereocenters. The van der Waals surface area contributed by atoms with Crippen molar-refractivity contribution < 1.29 is 14.0 Å². The van der Waals surface area contributed by atoms with E-state index >= 15 is 0 Å². The second-order valence-corrected chi connectivity index (χ2v) is 8.37. The monoisotopic (exact) mass is 409 g/mol. The molecule has 7 heteroatoms. The van der Waals surface area contributed by atoms with Gasteiger partial charge in [0, 0.05) is 18.7 Å². The van der Waals surface area contributed by atoms with Crippen LogP contribution in [0.3, 0.4) is 0 Å². The van der Waals surface area contributed by atoms with Crippen molar-refractivity contribution in [2.24, 2.45) is 0 Å². The van der Waals surface area contributed by atoms with Crippen molar-refractivity contribution in [3.05, 3.63) is 35.6 Å². The van der Waals surface area contributed by atoms with Gasteiger partial charge in [-0.15, -0.1) is 11.8 Å². The third kappa shape index (κ3) is 5.95. The molecule has 28 heavy (non-hydrogen) atoms. The minimum Gasteiger partial charge on any atom is -0.352 e. The van der Waals surface area contributed by atoms with E-state index in [9.17, 15) is 14.0 Å². The van der Waals surface area contributed by atoms with Crippen molar-refractivity contribution in [1.29, 1.82) is 0 Å². The average molecular weight is 410 g/mol. The normalized spacial score (nSPS) is 20.4. The fourth-order valence-electron chi connectivity index (χ4n) is 3.58. The van der Waals surface area contributed by atoms with Crippen molar-refractivity contribution in [3.8, 4) is 0 Å². The van der Waals surface area contributed by atoms with Crippen LogP contribution >= 0.6 is 11.8 Å². The van der Waals surface area contributed by atoms with Crippen molar-refractivity contribution in [1.82, 2.24) is 15.1 Å². The summed E-state index contributed by atoms with van der Waals surface area (Å²) in [7, 11) is 0. The number of rotatable bonds is 9. The van der Waals surface area contributed by atoms with Crippen LogP contribution in [-0.2, 0) is 9.59 Å².